The van der Waals surface area contributed by atoms with Crippen molar-refractivity contribution in [3.05, 3.63) is 48.1 Å². The highest BCUT2D eigenvalue weighted by molar-refractivity contribution is 6.01. The number of allylic oxidation sites excluding steroid dienone is 4. The summed E-state index contributed by atoms with van der Waals surface area (Å²) >= 11 is 0. The number of halogens is 4. The van der Waals surface area contributed by atoms with Gasteiger partial charge in [0.1, 0.15) is 18.5 Å². The van der Waals surface area contributed by atoms with Gasteiger partial charge in [-0.25, -0.2) is 4.39 Å². The molecular formula is C30H33F4NO6. The van der Waals surface area contributed by atoms with Crippen molar-refractivity contribution in [2.75, 3.05) is 18.2 Å². The lowest BCUT2D eigenvalue weighted by Gasteiger charge is -2.64. The summed E-state index contributed by atoms with van der Waals surface area (Å²) in [5.41, 5.74) is -3.67. The van der Waals surface area contributed by atoms with E-state index in [2.05, 4.69) is 4.74 Å². The number of ether oxygens (including phenoxy) is 1. The molecule has 41 heavy (non-hydrogen) atoms. The molecule has 0 spiro atoms. The predicted molar refractivity (Wildman–Crippen MR) is 138 cm³/mol. The van der Waals surface area contributed by atoms with Gasteiger partial charge in [-0.05, 0) is 60.5 Å². The quantitative estimate of drug-likeness (QED) is 0.508. The monoisotopic (exact) mass is 579 g/mol. The number of hydroxylamine groups is 1. The zero-order valence-electron chi connectivity index (χ0n) is 23.0. The van der Waals surface area contributed by atoms with Crippen LogP contribution in [0.3, 0.4) is 0 Å². The highest BCUT2D eigenvalue weighted by Crippen LogP contribution is 2.76. The smallest absolute Gasteiger partial charge is 0.406 e. The molecule has 0 amide bonds. The van der Waals surface area contributed by atoms with Gasteiger partial charge in [-0.3, -0.25) is 19.5 Å². The number of aliphatic hydroxyl groups excluding tert-OH is 2. The highest BCUT2D eigenvalue weighted by Gasteiger charge is 2.79. The fraction of sp³-hybridized carbons (Fsp3) is 0.600. The van der Waals surface area contributed by atoms with Gasteiger partial charge in [0.2, 0.25) is 0 Å². The topological polar surface area (TPSA) is 96.3 Å². The fourth-order valence-corrected chi connectivity index (χ4v) is 9.40. The maximum absolute atomic E-state index is 15.9. The van der Waals surface area contributed by atoms with Crippen LogP contribution in [0.2, 0.25) is 0 Å². The molecule has 1 aromatic carbocycles. The Kier molecular flexibility index (Phi) is 6.14. The molecule has 0 aromatic heterocycles. The number of carbonyl (C=O) groups excluding carboxylic acids is 2. The van der Waals surface area contributed by atoms with Gasteiger partial charge in [0.25, 0.3) is 0 Å². The van der Waals surface area contributed by atoms with Crippen molar-refractivity contribution < 1.29 is 46.9 Å². The lowest BCUT2D eigenvalue weighted by Crippen LogP contribution is -2.67. The van der Waals surface area contributed by atoms with E-state index >= 15 is 4.39 Å². The molecular weight excluding hydrogens is 546 g/mol. The van der Waals surface area contributed by atoms with Crippen molar-refractivity contribution in [2.45, 2.75) is 64.3 Å². The van der Waals surface area contributed by atoms with Crippen molar-refractivity contribution >= 4 is 17.3 Å². The molecule has 3 saturated carbocycles. The number of Topliss-reactive ketones (excluding diaryl/α,β-unsaturated/α-hetero) is 1. The first-order chi connectivity index (χ1) is 19.1. The van der Waals surface area contributed by atoms with Crippen molar-refractivity contribution in [2.24, 2.45) is 34.0 Å². The number of ketones is 2. The Labute approximate surface area is 234 Å². The zero-order valence-corrected chi connectivity index (χ0v) is 23.0. The van der Waals surface area contributed by atoms with Gasteiger partial charge < -0.3 is 14.9 Å². The highest BCUT2D eigenvalue weighted by atomic mass is 19.4. The summed E-state index contributed by atoms with van der Waals surface area (Å²) in [6, 6.07) is 5.24. The summed E-state index contributed by atoms with van der Waals surface area (Å²) in [6.45, 7) is 4.98. The van der Waals surface area contributed by atoms with Crippen LogP contribution in [0.4, 0.5) is 23.2 Å². The SMILES string of the molecule is CC12C=CC(=O)C=C1C(F)CC1C2C(O)CC2(C)C1(C)CC1CN(c3cccc(OC(F)(F)F)c3)OC12C(=O)CO. The van der Waals surface area contributed by atoms with E-state index in [9.17, 15) is 33.0 Å². The first-order valence-electron chi connectivity index (χ1n) is 13.8. The van der Waals surface area contributed by atoms with Crippen LogP contribution in [-0.4, -0.2) is 59.2 Å². The van der Waals surface area contributed by atoms with Crippen molar-refractivity contribution in [3.63, 3.8) is 0 Å². The third kappa shape index (κ3) is 3.74. The molecule has 0 bridgehead atoms. The minimum atomic E-state index is -4.89. The van der Waals surface area contributed by atoms with Gasteiger partial charge in [0.05, 0.1) is 18.3 Å². The third-order valence-corrected chi connectivity index (χ3v) is 11.2. The van der Waals surface area contributed by atoms with Crippen LogP contribution in [0.25, 0.3) is 0 Å². The van der Waals surface area contributed by atoms with E-state index in [4.69, 9.17) is 4.84 Å². The molecule has 9 unspecified atom stereocenters. The fourth-order valence-electron chi connectivity index (χ4n) is 9.40. The number of rotatable bonds is 4. The summed E-state index contributed by atoms with van der Waals surface area (Å²) in [6.07, 6.45) is -2.27. The molecule has 1 aliphatic heterocycles. The first-order valence-corrected chi connectivity index (χ1v) is 13.8. The molecule has 0 radical (unpaired) electrons. The Balaban J connectivity index is 1.41. The number of hydrogen-bond acceptors (Lipinski definition) is 7. The van der Waals surface area contributed by atoms with Gasteiger partial charge in [-0.15, -0.1) is 13.2 Å². The molecule has 11 heteroatoms. The molecule has 1 aromatic rings. The molecule has 1 heterocycles. The van der Waals surface area contributed by atoms with E-state index in [1.54, 1.807) is 6.08 Å². The van der Waals surface area contributed by atoms with Gasteiger partial charge in [-0.2, -0.15) is 0 Å². The van der Waals surface area contributed by atoms with Crippen LogP contribution in [0.15, 0.2) is 48.1 Å². The maximum atomic E-state index is 15.9. The number of nitrogens with zero attached hydrogens (tertiary/aromatic N) is 1. The molecule has 2 N–H and O–H groups in total. The van der Waals surface area contributed by atoms with Crippen molar-refractivity contribution in [3.8, 4) is 5.75 Å². The third-order valence-electron chi connectivity index (χ3n) is 11.2. The van der Waals surface area contributed by atoms with Gasteiger partial charge in [-0.1, -0.05) is 32.9 Å². The first kappa shape index (κ1) is 28.4. The Morgan fingerprint density at radius 3 is 2.63 bits per heavy atom. The van der Waals surface area contributed by atoms with Crippen LogP contribution in [0.1, 0.15) is 40.0 Å². The summed E-state index contributed by atoms with van der Waals surface area (Å²) in [5.74, 6) is -2.64. The summed E-state index contributed by atoms with van der Waals surface area (Å²) in [4.78, 5) is 32.3. The summed E-state index contributed by atoms with van der Waals surface area (Å²) in [7, 11) is 0. The Morgan fingerprint density at radius 2 is 1.95 bits per heavy atom. The van der Waals surface area contributed by atoms with Crippen LogP contribution < -0.4 is 9.80 Å². The molecule has 4 fully saturated rings. The second-order valence-electron chi connectivity index (χ2n) is 12.9. The lowest BCUT2D eigenvalue weighted by atomic mass is 9.41. The lowest BCUT2D eigenvalue weighted by molar-refractivity contribution is -0.274. The Bertz CT molecular complexity index is 1360. The van der Waals surface area contributed by atoms with Gasteiger partial charge in [0.15, 0.2) is 17.2 Å². The van der Waals surface area contributed by atoms with Crippen molar-refractivity contribution in [1.29, 1.82) is 0 Å². The number of carbonyl (C=O) groups is 2. The molecule has 9 atom stereocenters. The maximum Gasteiger partial charge on any atom is 0.573 e. The molecule has 222 valence electrons. The number of hydrogen-bond donors (Lipinski definition) is 2. The minimum Gasteiger partial charge on any atom is -0.406 e. The van der Waals surface area contributed by atoms with E-state index in [1.807, 2.05) is 20.8 Å². The van der Waals surface area contributed by atoms with E-state index in [-0.39, 0.29) is 36.8 Å². The largest absolute Gasteiger partial charge is 0.573 e. The number of benzene rings is 1. The van der Waals surface area contributed by atoms with Crippen LogP contribution in [0.5, 0.6) is 5.75 Å². The molecule has 7 nitrogen and oxygen atoms in total. The zero-order chi connectivity index (χ0) is 29.8. The van der Waals surface area contributed by atoms with E-state index < -0.39 is 70.5 Å². The average molecular weight is 580 g/mol. The van der Waals surface area contributed by atoms with Crippen LogP contribution >= 0.6 is 0 Å². The minimum absolute atomic E-state index is 0.0625. The molecule has 5 aliphatic rings. The molecule has 1 saturated heterocycles. The molecule has 4 aliphatic carbocycles. The Hall–Kier alpha value is -2.76. The Morgan fingerprint density at radius 1 is 1.22 bits per heavy atom. The van der Waals surface area contributed by atoms with E-state index in [0.717, 1.165) is 6.07 Å². The molecule has 6 rings (SSSR count). The summed E-state index contributed by atoms with van der Waals surface area (Å²) < 4.78 is 58.5. The summed E-state index contributed by atoms with van der Waals surface area (Å²) in [5, 5.41) is 23.3. The van der Waals surface area contributed by atoms with E-state index in [1.165, 1.54) is 35.4 Å². The number of alkyl halides is 4. The van der Waals surface area contributed by atoms with E-state index in [0.29, 0.717) is 12.0 Å². The van der Waals surface area contributed by atoms with Crippen LogP contribution in [-0.2, 0) is 14.4 Å². The van der Waals surface area contributed by atoms with Gasteiger partial charge >= 0.3 is 6.36 Å². The number of anilines is 1. The number of aliphatic hydroxyl groups is 2. The average Bonchev–Trinajstić information content (AvgIpc) is 3.35. The number of fused-ring (bicyclic) bond motifs is 7. The predicted octanol–water partition coefficient (Wildman–Crippen LogP) is 4.48. The second kappa shape index (κ2) is 8.87. The second-order valence-corrected chi connectivity index (χ2v) is 12.9. The van der Waals surface area contributed by atoms with Gasteiger partial charge in [0, 0.05) is 28.7 Å². The van der Waals surface area contributed by atoms with Crippen molar-refractivity contribution in [1.82, 2.24) is 0 Å². The standard InChI is InChI=1S/C30H33F4NO6/c1-26-8-7-18(37)10-20(26)22(31)11-21-25(26)23(38)13-28(3)27(21,2)12-16-14-35(41-29(16,28)24(39)15-36)17-5-4-6-19(9-17)40-30(32,33)34/h4-10,16,21-23,25,36,38H,11-15H2,1-3H3. The normalized spacial score (nSPS) is 43.1. The van der Waals surface area contributed by atoms with Crippen LogP contribution in [0, 0.1) is 34.0 Å².